The summed E-state index contributed by atoms with van der Waals surface area (Å²) in [5.41, 5.74) is 1.29. The molecule has 0 spiro atoms. The third-order valence-corrected chi connectivity index (χ3v) is 6.04. The van der Waals surface area contributed by atoms with Crippen LogP contribution in [-0.2, 0) is 9.59 Å². The molecular weight excluding hydrogens is 468 g/mol. The zero-order valence-corrected chi connectivity index (χ0v) is 19.1. The number of ether oxygens (including phenoxy) is 3. The quantitative estimate of drug-likeness (QED) is 0.504. The Labute approximate surface area is 198 Å². The highest BCUT2D eigenvalue weighted by atomic mass is 32.1. The number of methoxy groups -OCH3 is 2. The molecule has 1 saturated heterocycles. The first-order valence-electron chi connectivity index (χ1n) is 10.2. The minimum atomic E-state index is -2.97. The maximum Gasteiger partial charge on any atom is 0.387 e. The predicted molar refractivity (Wildman–Crippen MR) is 123 cm³/mol. The van der Waals surface area contributed by atoms with Crippen LogP contribution in [0.4, 0.5) is 19.6 Å². The highest BCUT2D eigenvalue weighted by molar-refractivity contribution is 7.14. The van der Waals surface area contributed by atoms with E-state index in [9.17, 15) is 18.4 Å². The molecule has 8 nitrogen and oxygen atoms in total. The monoisotopic (exact) mass is 489 g/mol. The van der Waals surface area contributed by atoms with Gasteiger partial charge in [0.25, 0.3) is 0 Å². The largest absolute Gasteiger partial charge is 0.497 e. The van der Waals surface area contributed by atoms with Crippen molar-refractivity contribution in [2.75, 3.05) is 31.0 Å². The van der Waals surface area contributed by atoms with Gasteiger partial charge in [0.05, 0.1) is 31.5 Å². The molecule has 0 radical (unpaired) electrons. The average molecular weight is 490 g/mol. The molecular formula is C23H21F2N3O5S. The smallest absolute Gasteiger partial charge is 0.387 e. The summed E-state index contributed by atoms with van der Waals surface area (Å²) in [6.07, 6.45) is 0.0233. The summed E-state index contributed by atoms with van der Waals surface area (Å²) in [4.78, 5) is 31.4. The number of hydrogen-bond donors (Lipinski definition) is 1. The number of carbonyl (C=O) groups excluding carboxylic acids is 2. The van der Waals surface area contributed by atoms with E-state index in [0.717, 1.165) is 11.3 Å². The topological polar surface area (TPSA) is 90.0 Å². The first-order chi connectivity index (χ1) is 16.4. The van der Waals surface area contributed by atoms with Gasteiger partial charge in [-0.05, 0) is 24.3 Å². The number of thiazole rings is 1. The Hall–Kier alpha value is -3.73. The Kier molecular flexibility index (Phi) is 6.92. The first kappa shape index (κ1) is 23.4. The van der Waals surface area contributed by atoms with Gasteiger partial charge in [0.2, 0.25) is 11.8 Å². The number of aromatic nitrogens is 1. The zero-order chi connectivity index (χ0) is 24.2. The Morgan fingerprint density at radius 2 is 1.97 bits per heavy atom. The van der Waals surface area contributed by atoms with Crippen LogP contribution in [0.15, 0.2) is 47.8 Å². The predicted octanol–water partition coefficient (Wildman–Crippen LogP) is 4.42. The summed E-state index contributed by atoms with van der Waals surface area (Å²) in [5.74, 6) is -0.150. The Balaban J connectivity index is 1.47. The van der Waals surface area contributed by atoms with E-state index in [1.54, 1.807) is 41.8 Å². The number of alkyl halides is 2. The maximum absolute atomic E-state index is 12.9. The summed E-state index contributed by atoms with van der Waals surface area (Å²) in [7, 11) is 3.02. The number of rotatable bonds is 8. The fourth-order valence-corrected chi connectivity index (χ4v) is 4.38. The molecule has 0 aliphatic carbocycles. The standard InChI is InChI=1S/C23H21F2N3O5S/c1-31-14-7-8-19(32-2)17(10-14)28-11-13(9-20(28)29)21(30)27-23-26-16(12-34-23)15-5-3-4-6-18(15)33-22(24)25/h3-8,10,12-13,22H,9,11H2,1-2H3,(H,26,27,30). The molecule has 11 heteroatoms. The lowest BCUT2D eigenvalue weighted by Gasteiger charge is -2.20. The summed E-state index contributed by atoms with van der Waals surface area (Å²) in [6, 6.07) is 11.4. The second kappa shape index (κ2) is 10.0. The molecule has 1 aliphatic rings. The lowest BCUT2D eigenvalue weighted by molar-refractivity contribution is -0.122. The SMILES string of the molecule is COc1ccc(OC)c(N2CC(C(=O)Nc3nc(-c4ccccc4OC(F)F)cs3)CC2=O)c1. The molecule has 1 atom stereocenters. The summed E-state index contributed by atoms with van der Waals surface area (Å²) < 4.78 is 40.6. The third kappa shape index (κ3) is 4.93. The van der Waals surface area contributed by atoms with Crippen molar-refractivity contribution < 1.29 is 32.6 Å². The first-order valence-corrected chi connectivity index (χ1v) is 11.1. The second-order valence-corrected chi connectivity index (χ2v) is 8.20. The fraction of sp³-hybridized carbons (Fsp3) is 0.261. The van der Waals surface area contributed by atoms with Crippen molar-refractivity contribution in [3.63, 3.8) is 0 Å². The maximum atomic E-state index is 12.9. The number of amides is 2. The van der Waals surface area contributed by atoms with E-state index < -0.39 is 12.5 Å². The van der Waals surface area contributed by atoms with Gasteiger partial charge in [-0.15, -0.1) is 11.3 Å². The Morgan fingerprint density at radius 1 is 1.18 bits per heavy atom. The average Bonchev–Trinajstić information content (AvgIpc) is 3.45. The van der Waals surface area contributed by atoms with Gasteiger partial charge in [-0.3, -0.25) is 9.59 Å². The van der Waals surface area contributed by atoms with Gasteiger partial charge >= 0.3 is 6.61 Å². The highest BCUT2D eigenvalue weighted by Crippen LogP contribution is 2.37. The molecule has 4 rings (SSSR count). The summed E-state index contributed by atoms with van der Waals surface area (Å²) in [6.45, 7) is -2.80. The van der Waals surface area contributed by atoms with Gasteiger partial charge in [0.15, 0.2) is 5.13 Å². The molecule has 178 valence electrons. The number of para-hydroxylation sites is 1. The molecule has 1 aromatic heterocycles. The lowest BCUT2D eigenvalue weighted by atomic mass is 10.1. The number of nitrogens with one attached hydrogen (secondary N) is 1. The summed E-state index contributed by atoms with van der Waals surface area (Å²) in [5, 5.41) is 4.65. The van der Waals surface area contributed by atoms with E-state index in [0.29, 0.717) is 28.4 Å². The van der Waals surface area contributed by atoms with Gasteiger partial charge in [0.1, 0.15) is 17.2 Å². The van der Waals surface area contributed by atoms with Crippen LogP contribution >= 0.6 is 11.3 Å². The summed E-state index contributed by atoms with van der Waals surface area (Å²) >= 11 is 1.15. The van der Waals surface area contributed by atoms with E-state index in [1.165, 1.54) is 25.2 Å². The van der Waals surface area contributed by atoms with Crippen LogP contribution in [0.5, 0.6) is 17.2 Å². The number of nitrogens with zero attached hydrogens (tertiary/aromatic N) is 2. The molecule has 1 unspecified atom stereocenters. The molecule has 0 saturated carbocycles. The van der Waals surface area contributed by atoms with Crippen molar-refractivity contribution in [1.29, 1.82) is 0 Å². The van der Waals surface area contributed by atoms with Gasteiger partial charge in [0, 0.05) is 30.0 Å². The molecule has 0 bridgehead atoms. The van der Waals surface area contributed by atoms with Crippen LogP contribution in [0.1, 0.15) is 6.42 Å². The minimum Gasteiger partial charge on any atom is -0.497 e. The van der Waals surface area contributed by atoms with E-state index in [4.69, 9.17) is 9.47 Å². The van der Waals surface area contributed by atoms with Crippen LogP contribution in [0.2, 0.25) is 0 Å². The van der Waals surface area contributed by atoms with Crippen LogP contribution in [-0.4, -0.2) is 44.2 Å². The Morgan fingerprint density at radius 3 is 2.71 bits per heavy atom. The molecule has 2 heterocycles. The van der Waals surface area contributed by atoms with Crippen molar-refractivity contribution >= 4 is 34.0 Å². The van der Waals surface area contributed by atoms with Gasteiger partial charge in [-0.2, -0.15) is 8.78 Å². The van der Waals surface area contributed by atoms with Gasteiger partial charge in [-0.1, -0.05) is 12.1 Å². The number of carbonyl (C=O) groups is 2. The third-order valence-electron chi connectivity index (χ3n) is 5.29. The van der Waals surface area contributed by atoms with Crippen LogP contribution in [0, 0.1) is 5.92 Å². The second-order valence-electron chi connectivity index (χ2n) is 7.34. The highest BCUT2D eigenvalue weighted by Gasteiger charge is 2.36. The van der Waals surface area contributed by atoms with Crippen LogP contribution in [0.3, 0.4) is 0 Å². The number of benzene rings is 2. The van der Waals surface area contributed by atoms with E-state index >= 15 is 0 Å². The van der Waals surface area contributed by atoms with Crippen molar-refractivity contribution in [3.05, 3.63) is 47.8 Å². The number of hydrogen-bond acceptors (Lipinski definition) is 7. The molecule has 1 fully saturated rings. The zero-order valence-electron chi connectivity index (χ0n) is 18.3. The lowest BCUT2D eigenvalue weighted by Crippen LogP contribution is -2.28. The van der Waals surface area contributed by atoms with Crippen LogP contribution < -0.4 is 24.4 Å². The number of halogens is 2. The molecule has 3 aromatic rings. The number of anilines is 2. The van der Waals surface area contributed by atoms with Crippen molar-refractivity contribution in [2.24, 2.45) is 5.92 Å². The van der Waals surface area contributed by atoms with Gasteiger partial charge < -0.3 is 24.4 Å². The van der Waals surface area contributed by atoms with E-state index in [1.807, 2.05) is 0 Å². The fourth-order valence-electron chi connectivity index (χ4n) is 3.66. The van der Waals surface area contributed by atoms with Crippen molar-refractivity contribution in [1.82, 2.24) is 4.98 Å². The minimum absolute atomic E-state index is 0.00931. The molecule has 2 amide bonds. The van der Waals surface area contributed by atoms with E-state index in [-0.39, 0.29) is 35.7 Å². The molecule has 34 heavy (non-hydrogen) atoms. The van der Waals surface area contributed by atoms with E-state index in [2.05, 4.69) is 15.0 Å². The van der Waals surface area contributed by atoms with Crippen molar-refractivity contribution in [3.8, 4) is 28.5 Å². The molecule has 1 aliphatic heterocycles. The molecule has 2 aromatic carbocycles. The Bertz CT molecular complexity index is 1200. The van der Waals surface area contributed by atoms with Crippen molar-refractivity contribution in [2.45, 2.75) is 13.0 Å². The molecule has 1 N–H and O–H groups in total. The van der Waals surface area contributed by atoms with Crippen LogP contribution in [0.25, 0.3) is 11.3 Å². The normalized spacial score (nSPS) is 15.5. The van der Waals surface area contributed by atoms with Gasteiger partial charge in [-0.25, -0.2) is 4.98 Å².